The predicted molar refractivity (Wildman–Crippen MR) is 56.4 cm³/mol. The quantitative estimate of drug-likeness (QED) is 0.759. The van der Waals surface area contributed by atoms with Crippen molar-refractivity contribution >= 4 is 33.0 Å². The van der Waals surface area contributed by atoms with Gasteiger partial charge >= 0.3 is 6.18 Å². The Hall–Kier alpha value is -0.360. The number of aryl methyl sites for hydroxylation is 1. The summed E-state index contributed by atoms with van der Waals surface area (Å²) in [5.41, 5.74) is 0.385. The van der Waals surface area contributed by atoms with Crippen molar-refractivity contribution in [3.05, 3.63) is 20.3 Å². The molecule has 0 atom stereocenters. The number of halogens is 4. The highest BCUT2D eigenvalue weighted by molar-refractivity contribution is 9.11. The first-order valence-electron chi connectivity index (χ1n) is 4.15. The lowest BCUT2D eigenvalue weighted by Crippen LogP contribution is -2.10. The van der Waals surface area contributed by atoms with Crippen LogP contribution in [0.1, 0.15) is 28.1 Å². The summed E-state index contributed by atoms with van der Waals surface area (Å²) in [4.78, 5) is 12.2. The van der Waals surface area contributed by atoms with Crippen molar-refractivity contribution in [2.24, 2.45) is 0 Å². The topological polar surface area (TPSA) is 17.1 Å². The number of hydrogen-bond acceptors (Lipinski definition) is 2. The van der Waals surface area contributed by atoms with Crippen LogP contribution in [0.15, 0.2) is 9.85 Å². The molecule has 0 aliphatic carbocycles. The lowest BCUT2D eigenvalue weighted by atomic mass is 10.1. The van der Waals surface area contributed by atoms with Gasteiger partial charge in [-0.2, -0.15) is 13.2 Å². The van der Waals surface area contributed by atoms with Gasteiger partial charge in [-0.25, -0.2) is 0 Å². The normalized spacial score (nSPS) is 11.8. The standard InChI is InChI=1S/C9H8BrF3OS/c1-5-6(4-8(10)15-5)7(14)2-3-9(11,12)13/h4H,2-3H2,1H3. The molecule has 1 nitrogen and oxygen atoms in total. The Bertz CT molecular complexity index is 370. The molecule has 0 unspecified atom stereocenters. The van der Waals surface area contributed by atoms with Gasteiger partial charge in [0.1, 0.15) is 0 Å². The van der Waals surface area contributed by atoms with Gasteiger partial charge in [-0.3, -0.25) is 4.79 Å². The molecule has 1 aromatic heterocycles. The summed E-state index contributed by atoms with van der Waals surface area (Å²) < 4.78 is 36.4. The fourth-order valence-corrected chi connectivity index (χ4v) is 2.82. The molecular formula is C9H8BrF3OS. The summed E-state index contributed by atoms with van der Waals surface area (Å²) in [5.74, 6) is -0.452. The van der Waals surface area contributed by atoms with Gasteiger partial charge in [-0.15, -0.1) is 11.3 Å². The van der Waals surface area contributed by atoms with E-state index in [1.165, 1.54) is 11.3 Å². The first-order chi connectivity index (χ1) is 6.79. The van der Waals surface area contributed by atoms with Crippen molar-refractivity contribution in [3.63, 3.8) is 0 Å². The number of alkyl halides is 3. The van der Waals surface area contributed by atoms with E-state index in [2.05, 4.69) is 15.9 Å². The minimum atomic E-state index is -4.27. The van der Waals surface area contributed by atoms with Gasteiger partial charge in [0.2, 0.25) is 0 Å². The molecule has 0 aliphatic rings. The van der Waals surface area contributed by atoms with Crippen LogP contribution in [0.2, 0.25) is 0 Å². The lowest BCUT2D eigenvalue weighted by Gasteiger charge is -2.04. The molecule has 1 aromatic rings. The summed E-state index contributed by atoms with van der Waals surface area (Å²) in [6.45, 7) is 1.72. The number of Topliss-reactive ketones (excluding diaryl/α,β-unsaturated/α-hetero) is 1. The maximum atomic E-state index is 11.9. The van der Waals surface area contributed by atoms with Gasteiger partial charge in [0.25, 0.3) is 0 Å². The molecule has 0 N–H and O–H groups in total. The van der Waals surface area contributed by atoms with E-state index in [0.717, 1.165) is 8.66 Å². The zero-order valence-corrected chi connectivity index (χ0v) is 10.2. The molecule has 0 saturated heterocycles. The molecule has 0 aromatic carbocycles. The van der Waals surface area contributed by atoms with E-state index in [-0.39, 0.29) is 0 Å². The van der Waals surface area contributed by atoms with Crippen LogP contribution in [0, 0.1) is 6.92 Å². The van der Waals surface area contributed by atoms with Crippen LogP contribution in [0.25, 0.3) is 0 Å². The van der Waals surface area contributed by atoms with E-state index in [9.17, 15) is 18.0 Å². The predicted octanol–water partition coefficient (Wildman–Crippen LogP) is 4.34. The van der Waals surface area contributed by atoms with Crippen molar-refractivity contribution in [2.75, 3.05) is 0 Å². The highest BCUT2D eigenvalue weighted by atomic mass is 79.9. The highest BCUT2D eigenvalue weighted by Crippen LogP contribution is 2.29. The second-order valence-corrected chi connectivity index (χ2v) is 5.69. The second-order valence-electron chi connectivity index (χ2n) is 3.06. The van der Waals surface area contributed by atoms with Crippen molar-refractivity contribution in [2.45, 2.75) is 25.9 Å². The molecule has 0 amide bonds. The lowest BCUT2D eigenvalue weighted by molar-refractivity contribution is -0.133. The van der Waals surface area contributed by atoms with Gasteiger partial charge in [0, 0.05) is 16.9 Å². The van der Waals surface area contributed by atoms with Crippen LogP contribution in [-0.4, -0.2) is 12.0 Å². The smallest absolute Gasteiger partial charge is 0.294 e. The zero-order valence-electron chi connectivity index (χ0n) is 7.82. The van der Waals surface area contributed by atoms with E-state index in [1.807, 2.05) is 0 Å². The Morgan fingerprint density at radius 2 is 2.13 bits per heavy atom. The third-order valence-corrected chi connectivity index (χ3v) is 3.38. The second kappa shape index (κ2) is 4.65. The molecule has 84 valence electrons. The first kappa shape index (κ1) is 12.7. The molecule has 0 radical (unpaired) electrons. The number of rotatable bonds is 3. The fourth-order valence-electron chi connectivity index (χ4n) is 1.11. The average molecular weight is 301 g/mol. The Labute approximate surface area is 97.4 Å². The van der Waals surface area contributed by atoms with Crippen LogP contribution >= 0.6 is 27.3 Å². The van der Waals surface area contributed by atoms with Crippen LogP contribution in [0.3, 0.4) is 0 Å². The van der Waals surface area contributed by atoms with Crippen molar-refractivity contribution in [3.8, 4) is 0 Å². The van der Waals surface area contributed by atoms with Gasteiger partial charge in [-0.05, 0) is 28.9 Å². The Morgan fingerprint density at radius 3 is 2.53 bits per heavy atom. The Kier molecular flexibility index (Phi) is 3.94. The first-order valence-corrected chi connectivity index (χ1v) is 5.76. The fraction of sp³-hybridized carbons (Fsp3) is 0.444. The van der Waals surface area contributed by atoms with E-state index in [4.69, 9.17) is 0 Å². The van der Waals surface area contributed by atoms with Gasteiger partial charge in [0.05, 0.1) is 10.2 Å². The zero-order chi connectivity index (χ0) is 11.6. The van der Waals surface area contributed by atoms with Crippen molar-refractivity contribution in [1.29, 1.82) is 0 Å². The molecule has 6 heteroatoms. The van der Waals surface area contributed by atoms with Crippen LogP contribution < -0.4 is 0 Å². The van der Waals surface area contributed by atoms with E-state index in [0.29, 0.717) is 5.56 Å². The SMILES string of the molecule is Cc1sc(Br)cc1C(=O)CCC(F)(F)F. The molecule has 1 rings (SSSR count). The van der Waals surface area contributed by atoms with Crippen LogP contribution in [0.4, 0.5) is 13.2 Å². The highest BCUT2D eigenvalue weighted by Gasteiger charge is 2.28. The third-order valence-electron chi connectivity index (χ3n) is 1.82. The number of thiophene rings is 1. The van der Waals surface area contributed by atoms with Gasteiger partial charge < -0.3 is 0 Å². The number of hydrogen-bond donors (Lipinski definition) is 0. The van der Waals surface area contributed by atoms with E-state index in [1.54, 1.807) is 13.0 Å². The summed E-state index contributed by atoms with van der Waals surface area (Å²) in [5, 5.41) is 0. The largest absolute Gasteiger partial charge is 0.389 e. The number of carbonyl (C=O) groups excluding carboxylic acids is 1. The van der Waals surface area contributed by atoms with Crippen LogP contribution in [-0.2, 0) is 0 Å². The maximum Gasteiger partial charge on any atom is 0.389 e. The molecule has 0 bridgehead atoms. The van der Waals surface area contributed by atoms with E-state index >= 15 is 0 Å². The number of ketones is 1. The van der Waals surface area contributed by atoms with Crippen molar-refractivity contribution in [1.82, 2.24) is 0 Å². The average Bonchev–Trinajstić information content (AvgIpc) is 2.40. The van der Waals surface area contributed by atoms with Crippen LogP contribution in [0.5, 0.6) is 0 Å². The van der Waals surface area contributed by atoms with Crippen molar-refractivity contribution < 1.29 is 18.0 Å². The summed E-state index contributed by atoms with van der Waals surface area (Å²) in [6, 6.07) is 1.57. The molecule has 15 heavy (non-hydrogen) atoms. The molecule has 0 aliphatic heterocycles. The minimum Gasteiger partial charge on any atom is -0.294 e. The maximum absolute atomic E-state index is 11.9. The van der Waals surface area contributed by atoms with Gasteiger partial charge in [-0.1, -0.05) is 0 Å². The summed E-state index contributed by atoms with van der Waals surface area (Å²) >= 11 is 4.53. The minimum absolute atomic E-state index is 0.385. The number of carbonyl (C=O) groups is 1. The Morgan fingerprint density at radius 1 is 1.53 bits per heavy atom. The molecule has 1 heterocycles. The molecular weight excluding hydrogens is 293 g/mol. The summed E-state index contributed by atoms with van der Waals surface area (Å²) in [7, 11) is 0. The Balaban J connectivity index is 2.66. The molecule has 0 saturated carbocycles. The van der Waals surface area contributed by atoms with Gasteiger partial charge in [0.15, 0.2) is 5.78 Å². The monoisotopic (exact) mass is 300 g/mol. The third kappa shape index (κ3) is 3.95. The summed E-state index contributed by atoms with van der Waals surface area (Å²) in [6.07, 6.45) is -5.80. The molecule has 0 fully saturated rings. The molecule has 0 spiro atoms. The van der Waals surface area contributed by atoms with E-state index < -0.39 is 24.8 Å².